The molecule has 1 aromatic heterocycles. The van der Waals surface area contributed by atoms with Gasteiger partial charge >= 0.3 is 0 Å². The number of carbonyl (C=O) groups is 1. The van der Waals surface area contributed by atoms with Crippen molar-refractivity contribution in [3.63, 3.8) is 0 Å². The molecule has 0 spiro atoms. The van der Waals surface area contributed by atoms with Gasteiger partial charge in [0, 0.05) is 5.39 Å². The molecular weight excluding hydrogens is 224 g/mol. The van der Waals surface area contributed by atoms with Crippen LogP contribution in [0.15, 0.2) is 53.1 Å². The molecule has 0 saturated carbocycles. The Morgan fingerprint density at radius 2 is 1.78 bits per heavy atom. The lowest BCUT2D eigenvalue weighted by molar-refractivity contribution is 0.112. The summed E-state index contributed by atoms with van der Waals surface area (Å²) in [7, 11) is 0. The number of aryl methyl sites for hydroxylation is 1. The van der Waals surface area contributed by atoms with E-state index in [4.69, 9.17) is 4.42 Å². The summed E-state index contributed by atoms with van der Waals surface area (Å²) in [6, 6.07) is 14.0. The monoisotopic (exact) mass is 236 g/mol. The maximum atomic E-state index is 11.1. The Balaban J connectivity index is 2.22. The van der Waals surface area contributed by atoms with Gasteiger partial charge in [0.2, 0.25) is 0 Å². The van der Waals surface area contributed by atoms with Crippen molar-refractivity contribution in [3.05, 3.63) is 59.9 Å². The lowest BCUT2D eigenvalue weighted by atomic mass is 10.0. The molecule has 3 aromatic rings. The molecule has 0 aliphatic heterocycles. The first-order chi connectivity index (χ1) is 8.78. The van der Waals surface area contributed by atoms with E-state index in [1.54, 1.807) is 6.26 Å². The molecule has 0 fully saturated rings. The van der Waals surface area contributed by atoms with Gasteiger partial charge in [-0.1, -0.05) is 29.8 Å². The zero-order valence-electron chi connectivity index (χ0n) is 10.0. The summed E-state index contributed by atoms with van der Waals surface area (Å²) < 4.78 is 5.32. The van der Waals surface area contributed by atoms with Crippen LogP contribution in [0.4, 0.5) is 0 Å². The maximum absolute atomic E-state index is 11.1. The van der Waals surface area contributed by atoms with Crippen LogP contribution >= 0.6 is 0 Å². The molecule has 0 unspecified atom stereocenters. The van der Waals surface area contributed by atoms with Crippen LogP contribution in [0.2, 0.25) is 0 Å². The number of carbonyl (C=O) groups excluding carboxylic acids is 1. The average molecular weight is 236 g/mol. The highest BCUT2D eigenvalue weighted by molar-refractivity contribution is 5.97. The lowest BCUT2D eigenvalue weighted by Crippen LogP contribution is -1.85. The van der Waals surface area contributed by atoms with Gasteiger partial charge in [0.1, 0.15) is 5.58 Å². The second kappa shape index (κ2) is 4.15. The molecule has 0 bridgehead atoms. The van der Waals surface area contributed by atoms with Gasteiger partial charge < -0.3 is 4.42 Å². The van der Waals surface area contributed by atoms with Crippen molar-refractivity contribution >= 4 is 17.3 Å². The summed E-state index contributed by atoms with van der Waals surface area (Å²) in [5.74, 6) is 0. The quantitative estimate of drug-likeness (QED) is 0.623. The van der Waals surface area contributed by atoms with Gasteiger partial charge in [-0.15, -0.1) is 0 Å². The minimum Gasteiger partial charge on any atom is -0.464 e. The van der Waals surface area contributed by atoms with Crippen LogP contribution in [0.5, 0.6) is 0 Å². The molecule has 2 aromatic carbocycles. The predicted octanol–water partition coefficient (Wildman–Crippen LogP) is 4.22. The van der Waals surface area contributed by atoms with E-state index in [1.165, 1.54) is 5.56 Å². The molecule has 0 atom stereocenters. The predicted molar refractivity (Wildman–Crippen MR) is 71.8 cm³/mol. The van der Waals surface area contributed by atoms with Crippen LogP contribution in [0.3, 0.4) is 0 Å². The topological polar surface area (TPSA) is 30.2 Å². The summed E-state index contributed by atoms with van der Waals surface area (Å²) in [4.78, 5) is 11.1. The summed E-state index contributed by atoms with van der Waals surface area (Å²) in [6.07, 6.45) is 2.44. The zero-order chi connectivity index (χ0) is 12.5. The molecule has 0 aliphatic rings. The van der Waals surface area contributed by atoms with Crippen LogP contribution in [-0.2, 0) is 0 Å². The zero-order valence-corrected chi connectivity index (χ0v) is 10.0. The van der Waals surface area contributed by atoms with Crippen molar-refractivity contribution in [2.24, 2.45) is 0 Å². The SMILES string of the molecule is Cc1ccc(-c2cc(C=O)c3occc3c2)cc1. The van der Waals surface area contributed by atoms with Crippen molar-refractivity contribution in [2.45, 2.75) is 6.92 Å². The number of hydrogen-bond acceptors (Lipinski definition) is 2. The summed E-state index contributed by atoms with van der Waals surface area (Å²) in [5.41, 5.74) is 4.60. The highest BCUT2D eigenvalue weighted by Crippen LogP contribution is 2.28. The third-order valence-electron chi connectivity index (χ3n) is 3.09. The maximum Gasteiger partial charge on any atom is 0.153 e. The number of hydrogen-bond donors (Lipinski definition) is 0. The van der Waals surface area contributed by atoms with Crippen LogP contribution in [0.1, 0.15) is 15.9 Å². The Labute approximate surface area is 105 Å². The summed E-state index contributed by atoms with van der Waals surface area (Å²) in [5, 5.41) is 0.954. The molecule has 2 nitrogen and oxygen atoms in total. The molecule has 0 saturated heterocycles. The molecule has 0 aliphatic carbocycles. The lowest BCUT2D eigenvalue weighted by Gasteiger charge is -2.04. The van der Waals surface area contributed by atoms with Crippen molar-refractivity contribution < 1.29 is 9.21 Å². The summed E-state index contributed by atoms with van der Waals surface area (Å²) >= 11 is 0. The third kappa shape index (κ3) is 1.72. The molecule has 88 valence electrons. The number of benzene rings is 2. The smallest absolute Gasteiger partial charge is 0.153 e. The number of rotatable bonds is 2. The van der Waals surface area contributed by atoms with Crippen LogP contribution in [0.25, 0.3) is 22.1 Å². The Bertz CT molecular complexity index is 706. The minimum atomic E-state index is 0.591. The Morgan fingerprint density at radius 3 is 2.50 bits per heavy atom. The van der Waals surface area contributed by atoms with Gasteiger partial charge in [-0.3, -0.25) is 4.79 Å². The second-order valence-electron chi connectivity index (χ2n) is 4.39. The van der Waals surface area contributed by atoms with E-state index < -0.39 is 0 Å². The minimum absolute atomic E-state index is 0.591. The van der Waals surface area contributed by atoms with Crippen molar-refractivity contribution in [1.29, 1.82) is 0 Å². The van der Waals surface area contributed by atoms with Gasteiger partial charge in [0.25, 0.3) is 0 Å². The van der Waals surface area contributed by atoms with Gasteiger partial charge in [-0.2, -0.15) is 0 Å². The first-order valence-electron chi connectivity index (χ1n) is 5.81. The van der Waals surface area contributed by atoms with Crippen molar-refractivity contribution in [1.82, 2.24) is 0 Å². The normalized spacial score (nSPS) is 10.7. The van der Waals surface area contributed by atoms with Crippen molar-refractivity contribution in [2.75, 3.05) is 0 Å². The Morgan fingerprint density at radius 1 is 1.00 bits per heavy atom. The number of aldehydes is 1. The molecular formula is C16H12O2. The molecule has 0 radical (unpaired) electrons. The van der Waals surface area contributed by atoms with Gasteiger partial charge in [-0.25, -0.2) is 0 Å². The number of furan rings is 1. The average Bonchev–Trinajstić information content (AvgIpc) is 2.86. The molecule has 0 N–H and O–H groups in total. The van der Waals surface area contributed by atoms with E-state index >= 15 is 0 Å². The largest absolute Gasteiger partial charge is 0.464 e. The van der Waals surface area contributed by atoms with E-state index in [2.05, 4.69) is 31.2 Å². The fourth-order valence-electron chi connectivity index (χ4n) is 2.11. The highest BCUT2D eigenvalue weighted by Gasteiger charge is 2.07. The second-order valence-corrected chi connectivity index (χ2v) is 4.39. The van der Waals surface area contributed by atoms with E-state index in [1.807, 2.05) is 18.2 Å². The highest BCUT2D eigenvalue weighted by atomic mass is 16.3. The van der Waals surface area contributed by atoms with Gasteiger partial charge in [0.15, 0.2) is 6.29 Å². The van der Waals surface area contributed by atoms with Gasteiger partial charge in [-0.05, 0) is 36.2 Å². The molecule has 18 heavy (non-hydrogen) atoms. The van der Waals surface area contributed by atoms with Crippen LogP contribution < -0.4 is 0 Å². The fraction of sp³-hybridized carbons (Fsp3) is 0.0625. The number of fused-ring (bicyclic) bond motifs is 1. The summed E-state index contributed by atoms with van der Waals surface area (Å²) in [6.45, 7) is 2.06. The molecule has 0 amide bonds. The molecule has 2 heteroatoms. The van der Waals surface area contributed by atoms with Crippen LogP contribution in [0, 0.1) is 6.92 Å². The molecule has 1 heterocycles. The van der Waals surface area contributed by atoms with Gasteiger partial charge in [0.05, 0.1) is 11.8 Å². The van der Waals surface area contributed by atoms with E-state index in [9.17, 15) is 4.79 Å². The van der Waals surface area contributed by atoms with Crippen LogP contribution in [-0.4, -0.2) is 6.29 Å². The fourth-order valence-corrected chi connectivity index (χ4v) is 2.11. The first kappa shape index (κ1) is 10.8. The van der Waals surface area contributed by atoms with E-state index in [0.717, 1.165) is 22.8 Å². The first-order valence-corrected chi connectivity index (χ1v) is 5.81. The Hall–Kier alpha value is -2.35. The van der Waals surface area contributed by atoms with E-state index in [0.29, 0.717) is 11.1 Å². The Kier molecular flexibility index (Phi) is 2.49. The van der Waals surface area contributed by atoms with Crippen molar-refractivity contribution in [3.8, 4) is 11.1 Å². The third-order valence-corrected chi connectivity index (χ3v) is 3.09. The standard InChI is InChI=1S/C16H12O2/c1-11-2-4-12(5-3-11)14-8-13-6-7-18-16(13)15(9-14)10-17/h2-10H,1H3. The molecule has 3 rings (SSSR count). The van der Waals surface area contributed by atoms with E-state index in [-0.39, 0.29) is 0 Å².